The van der Waals surface area contributed by atoms with Crippen molar-refractivity contribution in [2.45, 2.75) is 6.42 Å². The maximum absolute atomic E-state index is 14.6. The summed E-state index contributed by atoms with van der Waals surface area (Å²) in [6.07, 6.45) is 0.391. The van der Waals surface area contributed by atoms with Gasteiger partial charge in [-0.2, -0.15) is 0 Å². The standard InChI is InChI=1S/C25H15BrF5N3O3S/c26-13-10-12(6-7-14(13)35)23(36)34-25-33-21(15-16(27)18(29)20(31)19(30)17(15)28)22(38-25)24(37)32-9-8-11-4-2-1-3-5-11/h1-7,10,35H,8-9H2,(H,32,37)(H,33,34,36). The van der Waals surface area contributed by atoms with Crippen molar-refractivity contribution in [1.29, 1.82) is 0 Å². The van der Waals surface area contributed by atoms with E-state index >= 15 is 0 Å². The monoisotopic (exact) mass is 611 g/mol. The lowest BCUT2D eigenvalue weighted by molar-refractivity contribution is 0.0957. The van der Waals surface area contributed by atoms with Crippen molar-refractivity contribution in [3.8, 4) is 17.0 Å². The normalized spacial score (nSPS) is 10.9. The first-order valence-electron chi connectivity index (χ1n) is 10.7. The quantitative estimate of drug-likeness (QED) is 0.132. The van der Waals surface area contributed by atoms with E-state index in [2.05, 4.69) is 31.5 Å². The van der Waals surface area contributed by atoms with Crippen molar-refractivity contribution in [2.75, 3.05) is 11.9 Å². The molecule has 196 valence electrons. The lowest BCUT2D eigenvalue weighted by Gasteiger charge is -2.09. The summed E-state index contributed by atoms with van der Waals surface area (Å²) in [5, 5.41) is 14.1. The maximum atomic E-state index is 14.6. The molecule has 13 heteroatoms. The Kier molecular flexibility index (Phi) is 8.07. The smallest absolute Gasteiger partial charge is 0.263 e. The lowest BCUT2D eigenvalue weighted by atomic mass is 10.1. The molecule has 0 unspecified atom stereocenters. The number of nitrogens with one attached hydrogen (secondary N) is 2. The molecule has 0 aliphatic rings. The van der Waals surface area contributed by atoms with Crippen LogP contribution in [0.5, 0.6) is 5.75 Å². The number of carbonyl (C=O) groups is 2. The molecule has 0 spiro atoms. The average Bonchev–Trinajstić information content (AvgIpc) is 3.31. The Hall–Kier alpha value is -3.84. The number of aromatic nitrogens is 1. The summed E-state index contributed by atoms with van der Waals surface area (Å²) in [5.74, 6) is -12.9. The number of phenols is 1. The third kappa shape index (κ3) is 5.53. The number of amides is 2. The van der Waals surface area contributed by atoms with Crippen LogP contribution in [0.4, 0.5) is 27.1 Å². The van der Waals surface area contributed by atoms with Crippen LogP contribution in [0.3, 0.4) is 0 Å². The van der Waals surface area contributed by atoms with E-state index < -0.39 is 57.0 Å². The molecule has 0 aliphatic heterocycles. The molecule has 38 heavy (non-hydrogen) atoms. The van der Waals surface area contributed by atoms with Gasteiger partial charge in [-0.25, -0.2) is 26.9 Å². The van der Waals surface area contributed by atoms with Crippen molar-refractivity contribution in [3.63, 3.8) is 0 Å². The van der Waals surface area contributed by atoms with Gasteiger partial charge in [0.2, 0.25) is 5.82 Å². The molecule has 0 fully saturated rings. The van der Waals surface area contributed by atoms with Crippen molar-refractivity contribution in [3.05, 3.63) is 98.1 Å². The predicted octanol–water partition coefficient (Wildman–Crippen LogP) is 6.20. The number of hydrogen-bond donors (Lipinski definition) is 3. The minimum absolute atomic E-state index is 0.0384. The molecule has 6 nitrogen and oxygen atoms in total. The van der Waals surface area contributed by atoms with E-state index in [0.29, 0.717) is 17.8 Å². The summed E-state index contributed by atoms with van der Waals surface area (Å²) in [6.45, 7) is 0.0838. The Balaban J connectivity index is 1.70. The largest absolute Gasteiger partial charge is 0.507 e. The van der Waals surface area contributed by atoms with Gasteiger partial charge >= 0.3 is 0 Å². The fraction of sp³-hybridized carbons (Fsp3) is 0.0800. The summed E-state index contributed by atoms with van der Waals surface area (Å²) >= 11 is 3.54. The first-order chi connectivity index (χ1) is 18.1. The highest BCUT2D eigenvalue weighted by molar-refractivity contribution is 9.10. The fourth-order valence-electron chi connectivity index (χ4n) is 3.37. The number of phenolic OH excluding ortho intramolecular Hbond substituents is 1. The molecule has 0 atom stereocenters. The van der Waals surface area contributed by atoms with E-state index in [0.717, 1.165) is 5.56 Å². The van der Waals surface area contributed by atoms with E-state index in [9.17, 15) is 36.6 Å². The predicted molar refractivity (Wildman–Crippen MR) is 134 cm³/mol. The topological polar surface area (TPSA) is 91.3 Å². The third-order valence-corrected chi connectivity index (χ3v) is 6.86. The number of aromatic hydroxyl groups is 1. The number of rotatable bonds is 7. The highest BCUT2D eigenvalue weighted by Gasteiger charge is 2.32. The van der Waals surface area contributed by atoms with E-state index in [1.807, 2.05) is 18.2 Å². The number of anilines is 1. The van der Waals surface area contributed by atoms with Gasteiger partial charge in [0.05, 0.1) is 10.0 Å². The zero-order chi connectivity index (χ0) is 27.6. The molecule has 0 bridgehead atoms. The zero-order valence-corrected chi connectivity index (χ0v) is 21.3. The van der Waals surface area contributed by atoms with Crippen LogP contribution in [-0.2, 0) is 6.42 Å². The molecule has 3 N–H and O–H groups in total. The van der Waals surface area contributed by atoms with E-state index in [-0.39, 0.29) is 27.5 Å². The number of hydrogen-bond acceptors (Lipinski definition) is 5. The molecular formula is C25H15BrF5N3O3S. The van der Waals surface area contributed by atoms with Crippen molar-refractivity contribution in [2.24, 2.45) is 0 Å². The molecule has 3 aromatic carbocycles. The van der Waals surface area contributed by atoms with E-state index in [1.165, 1.54) is 18.2 Å². The molecule has 0 saturated heterocycles. The molecule has 0 radical (unpaired) electrons. The fourth-order valence-corrected chi connectivity index (χ4v) is 4.63. The van der Waals surface area contributed by atoms with Gasteiger partial charge in [0, 0.05) is 12.1 Å². The minimum atomic E-state index is -2.36. The molecule has 0 saturated carbocycles. The number of carbonyl (C=O) groups excluding carboxylic acids is 2. The number of benzene rings is 3. The zero-order valence-electron chi connectivity index (χ0n) is 18.9. The Morgan fingerprint density at radius 2 is 1.53 bits per heavy atom. The van der Waals surface area contributed by atoms with Crippen LogP contribution in [-0.4, -0.2) is 28.4 Å². The Bertz CT molecular complexity index is 1520. The summed E-state index contributed by atoms with van der Waals surface area (Å²) < 4.78 is 70.9. The number of nitrogens with zero attached hydrogens (tertiary/aromatic N) is 1. The summed E-state index contributed by atoms with van der Waals surface area (Å²) in [4.78, 5) is 29.0. The second-order valence-electron chi connectivity index (χ2n) is 7.75. The van der Waals surface area contributed by atoms with Crippen LogP contribution in [0.2, 0.25) is 0 Å². The van der Waals surface area contributed by atoms with Gasteiger partial charge in [0.15, 0.2) is 28.4 Å². The first-order valence-corrected chi connectivity index (χ1v) is 12.3. The lowest BCUT2D eigenvalue weighted by Crippen LogP contribution is -2.25. The van der Waals surface area contributed by atoms with Gasteiger partial charge in [-0.05, 0) is 46.1 Å². The van der Waals surface area contributed by atoms with Crippen LogP contribution in [0, 0.1) is 29.1 Å². The summed E-state index contributed by atoms with van der Waals surface area (Å²) in [7, 11) is 0. The first kappa shape index (κ1) is 27.2. The molecule has 4 rings (SSSR count). The number of halogens is 6. The second kappa shape index (κ2) is 11.3. The van der Waals surface area contributed by atoms with Gasteiger partial charge in [-0.1, -0.05) is 41.7 Å². The van der Waals surface area contributed by atoms with Crippen LogP contribution < -0.4 is 10.6 Å². The van der Waals surface area contributed by atoms with Crippen LogP contribution in [0.15, 0.2) is 53.0 Å². The van der Waals surface area contributed by atoms with Crippen LogP contribution in [0.1, 0.15) is 25.6 Å². The Morgan fingerprint density at radius 1 is 0.895 bits per heavy atom. The average molecular weight is 612 g/mol. The van der Waals surface area contributed by atoms with Gasteiger partial charge in [0.1, 0.15) is 16.3 Å². The Morgan fingerprint density at radius 3 is 2.16 bits per heavy atom. The van der Waals surface area contributed by atoms with Crippen LogP contribution >= 0.6 is 27.3 Å². The molecule has 4 aromatic rings. The van der Waals surface area contributed by atoms with Gasteiger partial charge in [-0.3, -0.25) is 14.9 Å². The van der Waals surface area contributed by atoms with E-state index in [4.69, 9.17) is 0 Å². The van der Waals surface area contributed by atoms with Crippen molar-refractivity contribution in [1.82, 2.24) is 10.3 Å². The molecular weight excluding hydrogens is 597 g/mol. The van der Waals surface area contributed by atoms with Crippen molar-refractivity contribution >= 4 is 44.2 Å². The molecule has 0 aliphatic carbocycles. The second-order valence-corrected chi connectivity index (χ2v) is 9.61. The third-order valence-electron chi connectivity index (χ3n) is 5.25. The highest BCUT2D eigenvalue weighted by atomic mass is 79.9. The molecule has 1 aromatic heterocycles. The van der Waals surface area contributed by atoms with Crippen molar-refractivity contribution < 1.29 is 36.6 Å². The van der Waals surface area contributed by atoms with Crippen LogP contribution in [0.25, 0.3) is 11.3 Å². The SMILES string of the molecule is O=C(Nc1nc(-c2c(F)c(F)c(F)c(F)c2F)c(C(=O)NCCc2ccccc2)s1)c1ccc(O)c(Br)c1. The highest BCUT2D eigenvalue weighted by Crippen LogP contribution is 2.37. The molecule has 1 heterocycles. The summed E-state index contributed by atoms with van der Waals surface area (Å²) in [5.41, 5.74) is -1.32. The maximum Gasteiger partial charge on any atom is 0.263 e. The minimum Gasteiger partial charge on any atom is -0.507 e. The van der Waals surface area contributed by atoms with Gasteiger partial charge in [0.25, 0.3) is 11.8 Å². The Labute approximate surface area is 224 Å². The van der Waals surface area contributed by atoms with Gasteiger partial charge in [-0.15, -0.1) is 0 Å². The summed E-state index contributed by atoms with van der Waals surface area (Å²) in [6, 6.07) is 12.8. The molecule has 2 amide bonds. The number of thiazole rings is 1. The van der Waals surface area contributed by atoms with Gasteiger partial charge < -0.3 is 10.4 Å². The van der Waals surface area contributed by atoms with E-state index in [1.54, 1.807) is 12.1 Å².